The molecule has 1 aliphatic rings. The summed E-state index contributed by atoms with van der Waals surface area (Å²) in [4.78, 5) is 4.35. The molecule has 0 saturated heterocycles. The summed E-state index contributed by atoms with van der Waals surface area (Å²) in [7, 11) is 0. The smallest absolute Gasteiger partial charge is 0.191 e. The number of para-hydroxylation sites is 1. The first-order chi connectivity index (χ1) is 8.77. The van der Waals surface area contributed by atoms with Crippen LogP contribution in [0.25, 0.3) is 0 Å². The fraction of sp³-hybridized carbons (Fsp3) is 0.500. The van der Waals surface area contributed by atoms with Crippen molar-refractivity contribution in [3.05, 3.63) is 29.3 Å². The SMILES string of the molecule is Cc1cccc(C)c1OCCNC1=NCCCN1.I. The highest BCUT2D eigenvalue weighted by molar-refractivity contribution is 14.0. The van der Waals surface area contributed by atoms with Crippen LogP contribution in [0.4, 0.5) is 0 Å². The molecular formula is C14H22IN3O. The van der Waals surface area contributed by atoms with Crippen molar-refractivity contribution in [2.24, 2.45) is 4.99 Å². The summed E-state index contributed by atoms with van der Waals surface area (Å²) in [6, 6.07) is 6.20. The third kappa shape index (κ3) is 4.89. The maximum atomic E-state index is 5.81. The Morgan fingerprint density at radius 3 is 2.68 bits per heavy atom. The van der Waals surface area contributed by atoms with Crippen LogP contribution < -0.4 is 15.4 Å². The summed E-state index contributed by atoms with van der Waals surface area (Å²) in [5, 5.41) is 6.47. The lowest BCUT2D eigenvalue weighted by Crippen LogP contribution is -2.42. The zero-order chi connectivity index (χ0) is 12.8. The van der Waals surface area contributed by atoms with E-state index in [9.17, 15) is 0 Å². The highest BCUT2D eigenvalue weighted by Crippen LogP contribution is 2.21. The molecule has 0 atom stereocenters. The lowest BCUT2D eigenvalue weighted by atomic mass is 10.1. The minimum absolute atomic E-state index is 0. The molecule has 0 fully saturated rings. The largest absolute Gasteiger partial charge is 0.491 e. The zero-order valence-electron chi connectivity index (χ0n) is 11.5. The Labute approximate surface area is 132 Å². The van der Waals surface area contributed by atoms with Crippen molar-refractivity contribution in [2.45, 2.75) is 20.3 Å². The van der Waals surface area contributed by atoms with Gasteiger partial charge in [-0.1, -0.05) is 18.2 Å². The van der Waals surface area contributed by atoms with E-state index in [1.165, 1.54) is 11.1 Å². The maximum absolute atomic E-state index is 5.81. The molecule has 1 aromatic rings. The van der Waals surface area contributed by atoms with E-state index in [1.807, 2.05) is 0 Å². The van der Waals surface area contributed by atoms with Gasteiger partial charge in [0.2, 0.25) is 0 Å². The summed E-state index contributed by atoms with van der Waals surface area (Å²) in [5.74, 6) is 1.89. The molecule has 106 valence electrons. The van der Waals surface area contributed by atoms with E-state index in [4.69, 9.17) is 4.74 Å². The molecule has 0 amide bonds. The number of guanidine groups is 1. The Balaban J connectivity index is 0.00000180. The first kappa shape index (κ1) is 16.1. The topological polar surface area (TPSA) is 45.6 Å². The van der Waals surface area contributed by atoms with Gasteiger partial charge in [-0.25, -0.2) is 0 Å². The van der Waals surface area contributed by atoms with Gasteiger partial charge in [-0.05, 0) is 31.4 Å². The van der Waals surface area contributed by atoms with E-state index in [1.54, 1.807) is 0 Å². The summed E-state index contributed by atoms with van der Waals surface area (Å²) in [6.45, 7) is 7.47. The summed E-state index contributed by atoms with van der Waals surface area (Å²) < 4.78 is 5.81. The second-order valence-electron chi connectivity index (χ2n) is 4.51. The van der Waals surface area contributed by atoms with Crippen LogP contribution in [0.1, 0.15) is 17.5 Å². The third-order valence-corrected chi connectivity index (χ3v) is 2.95. The Morgan fingerprint density at radius 1 is 1.32 bits per heavy atom. The molecule has 1 heterocycles. The molecule has 0 unspecified atom stereocenters. The Kier molecular flexibility index (Phi) is 6.97. The highest BCUT2D eigenvalue weighted by atomic mass is 127. The van der Waals surface area contributed by atoms with Crippen molar-refractivity contribution in [1.82, 2.24) is 10.6 Å². The number of nitrogens with one attached hydrogen (secondary N) is 2. The Hall–Kier alpha value is -0.980. The predicted molar refractivity (Wildman–Crippen MR) is 89.8 cm³/mol. The number of ether oxygens (including phenoxy) is 1. The van der Waals surface area contributed by atoms with Crippen LogP contribution in [0, 0.1) is 13.8 Å². The number of benzene rings is 1. The van der Waals surface area contributed by atoms with E-state index < -0.39 is 0 Å². The number of aliphatic imine (C=N–C) groups is 1. The van der Waals surface area contributed by atoms with Gasteiger partial charge in [-0.2, -0.15) is 0 Å². The second kappa shape index (κ2) is 8.24. The van der Waals surface area contributed by atoms with E-state index in [0.29, 0.717) is 6.61 Å². The molecule has 1 aliphatic heterocycles. The summed E-state index contributed by atoms with van der Waals surface area (Å²) >= 11 is 0. The third-order valence-electron chi connectivity index (χ3n) is 2.95. The van der Waals surface area contributed by atoms with E-state index in [0.717, 1.165) is 37.8 Å². The van der Waals surface area contributed by atoms with Crippen molar-refractivity contribution in [1.29, 1.82) is 0 Å². The maximum Gasteiger partial charge on any atom is 0.191 e. The molecule has 0 radical (unpaired) electrons. The molecule has 0 spiro atoms. The molecule has 0 bridgehead atoms. The Bertz CT molecular complexity index is 414. The summed E-state index contributed by atoms with van der Waals surface area (Å²) in [6.07, 6.45) is 1.12. The zero-order valence-corrected chi connectivity index (χ0v) is 13.9. The van der Waals surface area contributed by atoms with Crippen LogP contribution in [0.5, 0.6) is 5.75 Å². The highest BCUT2D eigenvalue weighted by Gasteiger charge is 2.04. The molecule has 2 rings (SSSR count). The van der Waals surface area contributed by atoms with Gasteiger partial charge in [0.1, 0.15) is 12.4 Å². The molecule has 0 saturated carbocycles. The molecule has 0 aromatic heterocycles. The first-order valence-electron chi connectivity index (χ1n) is 6.48. The normalized spacial score (nSPS) is 13.9. The van der Waals surface area contributed by atoms with Crippen molar-refractivity contribution in [3.8, 4) is 5.75 Å². The lowest BCUT2D eigenvalue weighted by molar-refractivity contribution is 0.317. The van der Waals surface area contributed by atoms with Gasteiger partial charge in [0, 0.05) is 13.1 Å². The van der Waals surface area contributed by atoms with Gasteiger partial charge in [0.25, 0.3) is 0 Å². The van der Waals surface area contributed by atoms with E-state index in [-0.39, 0.29) is 24.0 Å². The van der Waals surface area contributed by atoms with Crippen molar-refractivity contribution >= 4 is 29.9 Å². The standard InChI is InChI=1S/C14H21N3O.HI/c1-11-5-3-6-12(2)13(11)18-10-9-17-14-15-7-4-8-16-14;/h3,5-6H,4,7-10H2,1-2H3,(H2,15,16,17);1H. The monoisotopic (exact) mass is 375 g/mol. The number of hydrogen-bond donors (Lipinski definition) is 2. The average molecular weight is 375 g/mol. The molecule has 0 aliphatic carbocycles. The molecule has 2 N–H and O–H groups in total. The van der Waals surface area contributed by atoms with Crippen LogP contribution in [0.15, 0.2) is 23.2 Å². The van der Waals surface area contributed by atoms with Crippen LogP contribution >= 0.6 is 24.0 Å². The Morgan fingerprint density at radius 2 is 2.05 bits per heavy atom. The predicted octanol–water partition coefficient (Wildman–Crippen LogP) is 2.24. The number of rotatable bonds is 4. The fourth-order valence-corrected chi connectivity index (χ4v) is 2.00. The lowest BCUT2D eigenvalue weighted by Gasteiger charge is -2.17. The van der Waals surface area contributed by atoms with Crippen LogP contribution in [0.3, 0.4) is 0 Å². The van der Waals surface area contributed by atoms with Crippen LogP contribution in [-0.4, -0.2) is 32.2 Å². The molecule has 4 nitrogen and oxygen atoms in total. The van der Waals surface area contributed by atoms with Gasteiger partial charge in [0.05, 0.1) is 6.54 Å². The van der Waals surface area contributed by atoms with E-state index in [2.05, 4.69) is 47.7 Å². The number of halogens is 1. The second-order valence-corrected chi connectivity index (χ2v) is 4.51. The number of hydrogen-bond acceptors (Lipinski definition) is 4. The van der Waals surface area contributed by atoms with Gasteiger partial charge >= 0.3 is 0 Å². The minimum atomic E-state index is 0. The summed E-state index contributed by atoms with van der Waals surface area (Å²) in [5.41, 5.74) is 2.37. The van der Waals surface area contributed by atoms with Gasteiger partial charge < -0.3 is 15.4 Å². The van der Waals surface area contributed by atoms with Crippen molar-refractivity contribution < 1.29 is 4.74 Å². The number of nitrogens with zero attached hydrogens (tertiary/aromatic N) is 1. The number of aryl methyl sites for hydroxylation is 2. The molecular weight excluding hydrogens is 353 g/mol. The fourth-order valence-electron chi connectivity index (χ4n) is 2.00. The molecule has 5 heteroatoms. The first-order valence-corrected chi connectivity index (χ1v) is 6.48. The quantitative estimate of drug-likeness (QED) is 0.627. The van der Waals surface area contributed by atoms with Crippen molar-refractivity contribution in [2.75, 3.05) is 26.2 Å². The van der Waals surface area contributed by atoms with E-state index >= 15 is 0 Å². The van der Waals surface area contributed by atoms with Crippen molar-refractivity contribution in [3.63, 3.8) is 0 Å². The van der Waals surface area contributed by atoms with Gasteiger partial charge in [0.15, 0.2) is 5.96 Å². The molecule has 19 heavy (non-hydrogen) atoms. The minimum Gasteiger partial charge on any atom is -0.491 e. The van der Waals surface area contributed by atoms with Gasteiger partial charge in [-0.3, -0.25) is 4.99 Å². The van der Waals surface area contributed by atoms with Gasteiger partial charge in [-0.15, -0.1) is 24.0 Å². The van der Waals surface area contributed by atoms with Crippen LogP contribution in [-0.2, 0) is 0 Å². The molecule has 1 aromatic carbocycles. The van der Waals surface area contributed by atoms with Crippen LogP contribution in [0.2, 0.25) is 0 Å². The average Bonchev–Trinajstić information content (AvgIpc) is 2.38.